The number of piperidine rings is 1. The van der Waals surface area contributed by atoms with Crippen molar-refractivity contribution in [3.05, 3.63) is 59.2 Å². The summed E-state index contributed by atoms with van der Waals surface area (Å²) in [5.41, 5.74) is 2.57. The zero-order valence-electron chi connectivity index (χ0n) is 18.5. The van der Waals surface area contributed by atoms with E-state index >= 15 is 0 Å². The largest absolute Gasteiger partial charge is 0.495 e. The lowest BCUT2D eigenvalue weighted by atomic mass is 10.0. The number of hydrogen-bond donors (Lipinski definition) is 2. The molecule has 2 aliphatic rings. The van der Waals surface area contributed by atoms with Gasteiger partial charge in [-0.2, -0.15) is 0 Å². The van der Waals surface area contributed by atoms with E-state index in [0.717, 1.165) is 38.0 Å². The predicted octanol–water partition coefficient (Wildman–Crippen LogP) is 3.05. The lowest BCUT2D eigenvalue weighted by Crippen LogP contribution is -2.30. The lowest BCUT2D eigenvalue weighted by Gasteiger charge is -2.27. The van der Waals surface area contributed by atoms with Gasteiger partial charge < -0.3 is 10.1 Å². The summed E-state index contributed by atoms with van der Waals surface area (Å²) < 4.78 is 33.3. The SMILES string of the molecule is COc1ccc(C(=O)NCc2ccccc2CN2CCCCC2)cc1S(=O)(=O)NC1CC1. The van der Waals surface area contributed by atoms with Crippen LogP contribution in [0.15, 0.2) is 47.4 Å². The second-order valence-corrected chi connectivity index (χ2v) is 10.2. The summed E-state index contributed by atoms with van der Waals surface area (Å²) in [7, 11) is -2.33. The van der Waals surface area contributed by atoms with Gasteiger partial charge in [-0.3, -0.25) is 9.69 Å². The van der Waals surface area contributed by atoms with Gasteiger partial charge in [-0.15, -0.1) is 0 Å². The van der Waals surface area contributed by atoms with Crippen LogP contribution in [0.3, 0.4) is 0 Å². The molecule has 8 heteroatoms. The van der Waals surface area contributed by atoms with Crippen LogP contribution in [-0.2, 0) is 23.1 Å². The van der Waals surface area contributed by atoms with Gasteiger partial charge in [0, 0.05) is 24.7 Å². The predicted molar refractivity (Wildman–Crippen MR) is 123 cm³/mol. The van der Waals surface area contributed by atoms with Crippen molar-refractivity contribution >= 4 is 15.9 Å². The summed E-state index contributed by atoms with van der Waals surface area (Å²) in [6.07, 6.45) is 5.43. The van der Waals surface area contributed by atoms with Crippen LogP contribution in [-0.4, -0.2) is 45.5 Å². The van der Waals surface area contributed by atoms with Gasteiger partial charge in [-0.1, -0.05) is 30.7 Å². The van der Waals surface area contributed by atoms with E-state index in [-0.39, 0.29) is 28.2 Å². The highest BCUT2D eigenvalue weighted by atomic mass is 32.2. The van der Waals surface area contributed by atoms with Gasteiger partial charge in [0.1, 0.15) is 10.6 Å². The van der Waals surface area contributed by atoms with Gasteiger partial charge in [0.05, 0.1) is 7.11 Å². The van der Waals surface area contributed by atoms with Crippen LogP contribution in [0, 0.1) is 0 Å². The molecule has 7 nitrogen and oxygen atoms in total. The Kier molecular flexibility index (Phi) is 7.13. The number of carbonyl (C=O) groups excluding carboxylic acids is 1. The number of methoxy groups -OCH3 is 1. The number of carbonyl (C=O) groups is 1. The number of benzene rings is 2. The molecule has 2 N–H and O–H groups in total. The Bertz CT molecular complexity index is 1060. The molecule has 0 spiro atoms. The topological polar surface area (TPSA) is 87.7 Å². The molecule has 1 saturated carbocycles. The van der Waals surface area contributed by atoms with Crippen molar-refractivity contribution in [2.24, 2.45) is 0 Å². The van der Waals surface area contributed by atoms with Crippen LogP contribution in [0.2, 0.25) is 0 Å². The number of ether oxygens (including phenoxy) is 1. The Labute approximate surface area is 190 Å². The normalized spacial score (nSPS) is 17.2. The molecule has 0 aromatic heterocycles. The van der Waals surface area contributed by atoms with Crippen LogP contribution in [0.4, 0.5) is 0 Å². The highest BCUT2D eigenvalue weighted by Crippen LogP contribution is 2.28. The third-order valence-corrected chi connectivity index (χ3v) is 7.56. The molecular formula is C24H31N3O4S. The number of amides is 1. The van der Waals surface area contributed by atoms with Gasteiger partial charge >= 0.3 is 0 Å². The van der Waals surface area contributed by atoms with Crippen molar-refractivity contribution in [3.8, 4) is 5.75 Å². The molecule has 1 heterocycles. The average Bonchev–Trinajstić information content (AvgIpc) is 3.62. The molecule has 32 heavy (non-hydrogen) atoms. The summed E-state index contributed by atoms with van der Waals surface area (Å²) in [5.74, 6) is -0.0927. The van der Waals surface area contributed by atoms with Crippen molar-refractivity contribution in [3.63, 3.8) is 0 Å². The first-order chi connectivity index (χ1) is 15.5. The molecule has 2 aromatic rings. The van der Waals surface area contributed by atoms with E-state index in [1.54, 1.807) is 6.07 Å². The Morgan fingerprint density at radius 3 is 2.47 bits per heavy atom. The fourth-order valence-electron chi connectivity index (χ4n) is 4.03. The summed E-state index contributed by atoms with van der Waals surface area (Å²) >= 11 is 0. The van der Waals surface area contributed by atoms with Gasteiger partial charge in [0.15, 0.2) is 0 Å². The third-order valence-electron chi connectivity index (χ3n) is 6.01. The summed E-state index contributed by atoms with van der Waals surface area (Å²) in [6.45, 7) is 3.48. The van der Waals surface area contributed by atoms with E-state index in [1.807, 2.05) is 18.2 Å². The van der Waals surface area contributed by atoms with Crippen LogP contribution >= 0.6 is 0 Å². The molecule has 1 aliphatic carbocycles. The van der Waals surface area contributed by atoms with E-state index in [0.29, 0.717) is 6.54 Å². The van der Waals surface area contributed by atoms with Crippen molar-refractivity contribution < 1.29 is 17.9 Å². The van der Waals surface area contributed by atoms with Crippen molar-refractivity contribution in [2.45, 2.75) is 56.1 Å². The van der Waals surface area contributed by atoms with Crippen molar-refractivity contribution in [1.82, 2.24) is 14.9 Å². The molecule has 1 amide bonds. The smallest absolute Gasteiger partial charge is 0.251 e. The highest BCUT2D eigenvalue weighted by molar-refractivity contribution is 7.89. The Morgan fingerprint density at radius 1 is 1.06 bits per heavy atom. The zero-order chi connectivity index (χ0) is 22.6. The minimum atomic E-state index is -3.75. The molecule has 1 aliphatic heterocycles. The lowest BCUT2D eigenvalue weighted by molar-refractivity contribution is 0.0950. The number of rotatable bonds is 9. The van der Waals surface area contributed by atoms with E-state index in [1.165, 1.54) is 44.1 Å². The maximum absolute atomic E-state index is 12.9. The highest BCUT2D eigenvalue weighted by Gasteiger charge is 2.30. The van der Waals surface area contributed by atoms with E-state index in [4.69, 9.17) is 4.74 Å². The molecule has 0 radical (unpaired) electrons. The zero-order valence-corrected chi connectivity index (χ0v) is 19.3. The Morgan fingerprint density at radius 2 is 1.78 bits per heavy atom. The third kappa shape index (κ3) is 5.68. The number of sulfonamides is 1. The number of nitrogens with zero attached hydrogens (tertiary/aromatic N) is 1. The van der Waals surface area contributed by atoms with E-state index in [9.17, 15) is 13.2 Å². The van der Waals surface area contributed by atoms with Gasteiger partial charge in [0.25, 0.3) is 5.91 Å². The molecule has 0 unspecified atom stereocenters. The first-order valence-corrected chi connectivity index (χ1v) is 12.7. The fraction of sp³-hybridized carbons (Fsp3) is 0.458. The first-order valence-electron chi connectivity index (χ1n) is 11.2. The van der Waals surface area contributed by atoms with E-state index in [2.05, 4.69) is 21.0 Å². The van der Waals surface area contributed by atoms with Gasteiger partial charge in [-0.05, 0) is 68.1 Å². The van der Waals surface area contributed by atoms with Crippen LogP contribution in [0.5, 0.6) is 5.75 Å². The van der Waals surface area contributed by atoms with Gasteiger partial charge in [0.2, 0.25) is 10.0 Å². The summed E-state index contributed by atoms with van der Waals surface area (Å²) in [5, 5.41) is 2.95. The summed E-state index contributed by atoms with van der Waals surface area (Å²) in [4.78, 5) is 15.3. The molecule has 4 rings (SSSR count). The minimum absolute atomic E-state index is 0.00921. The number of likely N-dealkylation sites (tertiary alicyclic amines) is 1. The summed E-state index contributed by atoms with van der Waals surface area (Å²) in [6, 6.07) is 12.6. The molecule has 0 bridgehead atoms. The molecule has 172 valence electrons. The molecule has 2 aromatic carbocycles. The van der Waals surface area contributed by atoms with Crippen LogP contribution < -0.4 is 14.8 Å². The Hall–Kier alpha value is -2.42. The standard InChI is InChI=1S/C24H31N3O4S/c1-31-22-12-9-18(15-23(22)32(29,30)26-21-10-11-21)24(28)25-16-19-7-3-4-8-20(19)17-27-13-5-2-6-14-27/h3-4,7-9,12,15,21,26H,2,5-6,10-11,13-14,16-17H2,1H3,(H,25,28). The molecule has 2 fully saturated rings. The van der Waals surface area contributed by atoms with Crippen LogP contribution in [0.25, 0.3) is 0 Å². The maximum Gasteiger partial charge on any atom is 0.251 e. The van der Waals surface area contributed by atoms with E-state index < -0.39 is 10.0 Å². The number of hydrogen-bond acceptors (Lipinski definition) is 5. The molecular weight excluding hydrogens is 426 g/mol. The van der Waals surface area contributed by atoms with Crippen molar-refractivity contribution in [2.75, 3.05) is 20.2 Å². The second-order valence-electron chi connectivity index (χ2n) is 8.55. The molecule has 1 saturated heterocycles. The maximum atomic E-state index is 12.9. The monoisotopic (exact) mass is 457 g/mol. The van der Waals surface area contributed by atoms with Crippen molar-refractivity contribution in [1.29, 1.82) is 0 Å². The first kappa shape index (κ1) is 22.8. The average molecular weight is 458 g/mol. The molecule has 0 atom stereocenters. The Balaban J connectivity index is 1.46. The van der Waals surface area contributed by atoms with Crippen LogP contribution in [0.1, 0.15) is 53.6 Å². The van der Waals surface area contributed by atoms with Gasteiger partial charge in [-0.25, -0.2) is 13.1 Å². The quantitative estimate of drug-likeness (QED) is 0.604. The minimum Gasteiger partial charge on any atom is -0.495 e. The number of nitrogens with one attached hydrogen (secondary N) is 2. The fourth-order valence-corrected chi connectivity index (χ4v) is 5.53. The second kappa shape index (κ2) is 10.0.